The summed E-state index contributed by atoms with van der Waals surface area (Å²) in [5.74, 6) is 2.08. The molecular formula is C33H47NO9. The molecule has 43 heavy (non-hydrogen) atoms. The summed E-state index contributed by atoms with van der Waals surface area (Å²) >= 11 is 0. The topological polar surface area (TPSA) is 97.3 Å². The largest absolute Gasteiger partial charge is 0.493 e. The molecular weight excluding hydrogens is 554 g/mol. The number of nitrogens with zero attached hydrogens (tertiary/aromatic N) is 1. The van der Waals surface area contributed by atoms with Crippen molar-refractivity contribution < 1.29 is 43.0 Å². The van der Waals surface area contributed by atoms with Gasteiger partial charge >= 0.3 is 0 Å². The van der Waals surface area contributed by atoms with Crippen LogP contribution in [-0.2, 0) is 23.7 Å². The zero-order chi connectivity index (χ0) is 30.1. The van der Waals surface area contributed by atoms with Crippen molar-refractivity contribution in [3.63, 3.8) is 0 Å². The maximum atomic E-state index is 12.4. The van der Waals surface area contributed by atoms with Crippen molar-refractivity contribution in [1.29, 1.82) is 0 Å². The first-order valence-electron chi connectivity index (χ1n) is 16.0. The molecule has 7 aliphatic rings. The van der Waals surface area contributed by atoms with E-state index in [2.05, 4.69) is 11.8 Å². The Morgan fingerprint density at radius 1 is 0.930 bits per heavy atom. The monoisotopic (exact) mass is 601 g/mol. The molecule has 1 unspecified atom stereocenters. The van der Waals surface area contributed by atoms with Crippen LogP contribution in [0.4, 0.5) is 0 Å². The van der Waals surface area contributed by atoms with E-state index in [1.807, 2.05) is 33.5 Å². The Balaban J connectivity index is 1.36. The lowest BCUT2D eigenvalue weighted by Crippen LogP contribution is -2.82. The van der Waals surface area contributed by atoms with Crippen LogP contribution in [0, 0.1) is 29.1 Å². The number of fused-ring (bicyclic) bond motifs is 1. The Labute approximate surface area is 254 Å². The SMILES string of the molecule is CCN1C[C@]2(O)CC[C@H](OC)[C@@]34[C@@H]2C[C@@H]([C@@H]13)[C@@]12C[C@H](OC)[C@H]3C[C@@H]4[C@]1(OC(c1cc(OC)c(OC)c(OC)c1)O2)[C@H]3OC. The van der Waals surface area contributed by atoms with Gasteiger partial charge in [-0.25, -0.2) is 0 Å². The van der Waals surface area contributed by atoms with Crippen LogP contribution in [0.2, 0.25) is 0 Å². The number of likely N-dealkylation sites (N-methyl/N-ethyl adjacent to an activating group) is 1. The Morgan fingerprint density at radius 2 is 1.67 bits per heavy atom. The van der Waals surface area contributed by atoms with Gasteiger partial charge in [-0.05, 0) is 50.3 Å². The third-order valence-electron chi connectivity index (χ3n) is 13.4. The molecule has 10 heteroatoms. The highest BCUT2D eigenvalue weighted by Gasteiger charge is 2.91. The van der Waals surface area contributed by atoms with Crippen molar-refractivity contribution in [2.45, 2.75) is 86.5 Å². The summed E-state index contributed by atoms with van der Waals surface area (Å²) in [7, 11) is 10.4. The molecule has 5 saturated carbocycles. The lowest BCUT2D eigenvalue weighted by atomic mass is 9.44. The van der Waals surface area contributed by atoms with Crippen LogP contribution in [0.25, 0.3) is 0 Å². The molecule has 2 aliphatic heterocycles. The summed E-state index contributed by atoms with van der Waals surface area (Å²) < 4.78 is 51.3. The highest BCUT2D eigenvalue weighted by atomic mass is 16.8. The highest BCUT2D eigenvalue weighted by Crippen LogP contribution is 2.82. The van der Waals surface area contributed by atoms with E-state index in [0.717, 1.165) is 44.2 Å². The summed E-state index contributed by atoms with van der Waals surface area (Å²) in [5, 5.41) is 12.4. The molecule has 1 aromatic rings. The molecule has 7 bridgehead atoms. The fraction of sp³-hybridized carbons (Fsp3) is 0.818. The van der Waals surface area contributed by atoms with Crippen molar-refractivity contribution in [2.75, 3.05) is 55.7 Å². The number of hydrogen-bond acceptors (Lipinski definition) is 10. The van der Waals surface area contributed by atoms with E-state index in [1.54, 1.807) is 21.3 Å². The number of benzene rings is 1. The lowest BCUT2D eigenvalue weighted by molar-refractivity contribution is -0.306. The predicted octanol–water partition coefficient (Wildman–Crippen LogP) is 3.19. The molecule has 0 radical (unpaired) electrons. The summed E-state index contributed by atoms with van der Waals surface area (Å²) in [6.07, 6.45) is 3.19. The second-order valence-corrected chi connectivity index (χ2v) is 14.1. The van der Waals surface area contributed by atoms with Crippen LogP contribution < -0.4 is 14.2 Å². The summed E-state index contributed by atoms with van der Waals surface area (Å²) in [4.78, 5) is 2.56. The molecule has 238 valence electrons. The maximum absolute atomic E-state index is 12.4. The van der Waals surface area contributed by atoms with Gasteiger partial charge < -0.3 is 43.0 Å². The van der Waals surface area contributed by atoms with Crippen molar-refractivity contribution in [3.8, 4) is 17.2 Å². The van der Waals surface area contributed by atoms with Gasteiger partial charge in [0.25, 0.3) is 0 Å². The van der Waals surface area contributed by atoms with E-state index in [-0.39, 0.29) is 53.4 Å². The van der Waals surface area contributed by atoms with Crippen LogP contribution in [0.5, 0.6) is 17.2 Å². The Kier molecular flexibility index (Phi) is 6.32. The minimum Gasteiger partial charge on any atom is -0.493 e. The molecule has 2 saturated heterocycles. The Bertz CT molecular complexity index is 1270. The van der Waals surface area contributed by atoms with E-state index in [4.69, 9.17) is 37.9 Å². The van der Waals surface area contributed by atoms with E-state index in [9.17, 15) is 5.11 Å². The van der Waals surface area contributed by atoms with Crippen molar-refractivity contribution in [2.24, 2.45) is 29.1 Å². The van der Waals surface area contributed by atoms with Crippen molar-refractivity contribution in [1.82, 2.24) is 4.90 Å². The van der Waals surface area contributed by atoms with Crippen LogP contribution >= 0.6 is 0 Å². The molecule has 7 fully saturated rings. The summed E-state index contributed by atoms with van der Waals surface area (Å²) in [6, 6.07) is 4.08. The number of hydrogen-bond donors (Lipinski definition) is 1. The molecule has 1 N–H and O–H groups in total. The number of aliphatic hydroxyl groups is 1. The van der Waals surface area contributed by atoms with Crippen LogP contribution in [0.1, 0.15) is 50.9 Å². The average Bonchev–Trinajstić information content (AvgIpc) is 3.62. The minimum atomic E-state index is -0.756. The average molecular weight is 602 g/mol. The highest BCUT2D eigenvalue weighted by molar-refractivity contribution is 5.54. The zero-order valence-corrected chi connectivity index (χ0v) is 26.5. The van der Waals surface area contributed by atoms with Gasteiger partial charge in [0.2, 0.25) is 5.75 Å². The molecule has 2 heterocycles. The molecule has 5 aliphatic carbocycles. The number of β-amino-alcohol motifs (C(OH)–C–C–N with tert-alkyl or cyclic N) is 1. The van der Waals surface area contributed by atoms with Gasteiger partial charge in [-0.3, -0.25) is 4.90 Å². The van der Waals surface area contributed by atoms with Gasteiger partial charge in [0.05, 0.1) is 45.2 Å². The van der Waals surface area contributed by atoms with Gasteiger partial charge in [-0.15, -0.1) is 0 Å². The van der Waals surface area contributed by atoms with Crippen molar-refractivity contribution in [3.05, 3.63) is 17.7 Å². The van der Waals surface area contributed by atoms with Gasteiger partial charge in [0.15, 0.2) is 17.8 Å². The van der Waals surface area contributed by atoms with Gasteiger partial charge in [0, 0.05) is 69.1 Å². The molecule has 2 spiro atoms. The summed E-state index contributed by atoms with van der Waals surface area (Å²) in [6.45, 7) is 3.79. The number of ether oxygens (including phenoxy) is 8. The Morgan fingerprint density at radius 3 is 2.28 bits per heavy atom. The standard InChI is InChI=1S/C33H47NO9/c1-8-34-16-30(35)10-9-25(39-5)32-23(30)14-19(27(32)34)31-15-22(38-4)18-13-24(32)33(31,28(18)41-7)43-29(42-31)17-11-20(36-2)26(40-6)21(12-17)37-3/h11-12,18-19,22-25,27-29,35H,8-10,13-16H2,1-7H3/t18-,19+,22+,23-,24+,25+,27-,28+,29?,30-,31+,32+,33+/m1/s1. The minimum absolute atomic E-state index is 0.0150. The van der Waals surface area contributed by atoms with Gasteiger partial charge in [0.1, 0.15) is 11.2 Å². The van der Waals surface area contributed by atoms with E-state index >= 15 is 0 Å². The van der Waals surface area contributed by atoms with E-state index in [0.29, 0.717) is 23.8 Å². The Hall–Kier alpha value is -1.66. The van der Waals surface area contributed by atoms with E-state index < -0.39 is 23.1 Å². The number of likely N-dealkylation sites (tertiary alicyclic amines) is 1. The number of piperidine rings is 1. The van der Waals surface area contributed by atoms with Gasteiger partial charge in [-0.1, -0.05) is 6.92 Å². The molecule has 0 amide bonds. The number of rotatable bonds is 8. The molecule has 8 rings (SSSR count). The zero-order valence-electron chi connectivity index (χ0n) is 26.5. The van der Waals surface area contributed by atoms with Crippen LogP contribution in [0.15, 0.2) is 12.1 Å². The molecule has 0 aromatic heterocycles. The lowest BCUT2D eigenvalue weighted by Gasteiger charge is -2.70. The molecule has 13 atom stereocenters. The van der Waals surface area contributed by atoms with Crippen LogP contribution in [-0.4, -0.2) is 107 Å². The first-order chi connectivity index (χ1) is 20.8. The number of methoxy groups -OCH3 is 6. The normalized spacial score (nSPS) is 50.5. The first kappa shape index (κ1) is 28.8. The predicted molar refractivity (Wildman–Crippen MR) is 154 cm³/mol. The second kappa shape index (κ2) is 9.44. The second-order valence-electron chi connectivity index (χ2n) is 14.1. The van der Waals surface area contributed by atoms with Crippen LogP contribution in [0.3, 0.4) is 0 Å². The van der Waals surface area contributed by atoms with Gasteiger partial charge in [-0.2, -0.15) is 0 Å². The quantitative estimate of drug-likeness (QED) is 0.479. The fourth-order valence-corrected chi connectivity index (χ4v) is 12.5. The maximum Gasteiger partial charge on any atom is 0.203 e. The summed E-state index contributed by atoms with van der Waals surface area (Å²) in [5.41, 5.74) is -1.63. The first-order valence-corrected chi connectivity index (χ1v) is 16.0. The van der Waals surface area contributed by atoms with E-state index in [1.165, 1.54) is 0 Å². The molecule has 10 nitrogen and oxygen atoms in total. The van der Waals surface area contributed by atoms with Crippen molar-refractivity contribution >= 4 is 0 Å². The third-order valence-corrected chi connectivity index (χ3v) is 13.4. The third kappa shape index (κ3) is 3.05. The molecule has 1 aromatic carbocycles. The smallest absolute Gasteiger partial charge is 0.203 e. The fourth-order valence-electron chi connectivity index (χ4n) is 12.5.